The largest absolute Gasteiger partial charge is 0.396 e. The number of nitrogens with one attached hydrogen (secondary N) is 1. The van der Waals surface area contributed by atoms with E-state index in [1.165, 1.54) is 13.0 Å². The molecule has 19 heavy (non-hydrogen) atoms. The standard InChI is InChI=1S/C10H11FN4O2S2/c1-5-3-7(4-8(12)9(5)11)19(16,17)15-10-14-13-6(2)18-10/h3-4H,12H2,1-2H3,(H,14,15). The molecule has 9 heteroatoms. The number of nitrogen functional groups attached to an aromatic ring is 1. The summed E-state index contributed by atoms with van der Waals surface area (Å²) in [7, 11) is -3.85. The number of sulfonamides is 1. The molecule has 0 unspecified atom stereocenters. The molecule has 1 aromatic heterocycles. The number of hydrogen-bond donors (Lipinski definition) is 2. The smallest absolute Gasteiger partial charge is 0.263 e. The molecule has 3 N–H and O–H groups in total. The van der Waals surface area contributed by atoms with Gasteiger partial charge >= 0.3 is 0 Å². The van der Waals surface area contributed by atoms with E-state index in [1.807, 2.05) is 0 Å². The molecule has 1 heterocycles. The molecule has 0 radical (unpaired) electrons. The van der Waals surface area contributed by atoms with Crippen molar-refractivity contribution < 1.29 is 12.8 Å². The van der Waals surface area contributed by atoms with Gasteiger partial charge in [0.15, 0.2) is 0 Å². The summed E-state index contributed by atoms with van der Waals surface area (Å²) < 4.78 is 39.8. The lowest BCUT2D eigenvalue weighted by Gasteiger charge is -2.08. The minimum Gasteiger partial charge on any atom is -0.396 e. The van der Waals surface area contributed by atoms with Crippen LogP contribution in [0.3, 0.4) is 0 Å². The highest BCUT2D eigenvalue weighted by Crippen LogP contribution is 2.24. The molecule has 0 fully saturated rings. The molecule has 102 valence electrons. The lowest BCUT2D eigenvalue weighted by molar-refractivity contribution is 0.599. The van der Waals surface area contributed by atoms with E-state index in [-0.39, 0.29) is 21.3 Å². The summed E-state index contributed by atoms with van der Waals surface area (Å²) in [6.45, 7) is 3.15. The molecule has 2 aromatic rings. The second kappa shape index (κ2) is 4.74. The Hall–Kier alpha value is -1.74. The van der Waals surface area contributed by atoms with Crippen molar-refractivity contribution in [1.29, 1.82) is 0 Å². The van der Waals surface area contributed by atoms with Crippen LogP contribution in [-0.4, -0.2) is 18.6 Å². The zero-order valence-electron chi connectivity index (χ0n) is 10.1. The molecule has 1 aromatic carbocycles. The molecule has 2 rings (SSSR count). The van der Waals surface area contributed by atoms with E-state index in [0.29, 0.717) is 5.01 Å². The Kier molecular flexibility index (Phi) is 3.42. The zero-order valence-corrected chi connectivity index (χ0v) is 11.8. The Morgan fingerprint density at radius 3 is 2.53 bits per heavy atom. The molecule has 0 amide bonds. The molecular weight excluding hydrogens is 291 g/mol. The van der Waals surface area contributed by atoms with Crippen LogP contribution in [0.4, 0.5) is 15.2 Å². The van der Waals surface area contributed by atoms with Crippen molar-refractivity contribution in [2.24, 2.45) is 0 Å². The Bertz CT molecular complexity index is 704. The predicted octanol–water partition coefficient (Wildman–Crippen LogP) is 1.68. The molecule has 0 saturated carbocycles. The number of aromatic nitrogens is 2. The fraction of sp³-hybridized carbons (Fsp3) is 0.200. The van der Waals surface area contributed by atoms with Gasteiger partial charge < -0.3 is 5.73 Å². The number of rotatable bonds is 3. The van der Waals surface area contributed by atoms with Crippen molar-refractivity contribution in [3.8, 4) is 0 Å². The second-order valence-corrected chi connectivity index (χ2v) is 6.74. The van der Waals surface area contributed by atoms with Gasteiger partial charge in [0.05, 0.1) is 10.6 Å². The number of anilines is 2. The molecular formula is C10H11FN4O2S2. The first-order chi connectivity index (χ1) is 8.79. The minimum absolute atomic E-state index is 0.114. The number of nitrogens with zero attached hydrogens (tertiary/aromatic N) is 2. The topological polar surface area (TPSA) is 98.0 Å². The fourth-order valence-corrected chi connectivity index (χ4v) is 3.37. The fourth-order valence-electron chi connectivity index (χ4n) is 1.43. The van der Waals surface area contributed by atoms with E-state index >= 15 is 0 Å². The molecule has 6 nitrogen and oxygen atoms in total. The van der Waals surface area contributed by atoms with Gasteiger partial charge in [0.1, 0.15) is 10.8 Å². The average molecular weight is 302 g/mol. The van der Waals surface area contributed by atoms with Gasteiger partial charge in [-0.15, -0.1) is 10.2 Å². The van der Waals surface area contributed by atoms with Crippen molar-refractivity contribution in [3.63, 3.8) is 0 Å². The van der Waals surface area contributed by atoms with E-state index < -0.39 is 15.8 Å². The second-order valence-electron chi connectivity index (χ2n) is 3.88. The van der Waals surface area contributed by atoms with Gasteiger partial charge in [0, 0.05) is 0 Å². The summed E-state index contributed by atoms with van der Waals surface area (Å²) in [6.07, 6.45) is 0. The van der Waals surface area contributed by atoms with Crippen LogP contribution < -0.4 is 10.5 Å². The number of benzene rings is 1. The summed E-state index contributed by atoms with van der Waals surface area (Å²) >= 11 is 1.10. The Labute approximate surface area is 113 Å². The van der Waals surface area contributed by atoms with Crippen molar-refractivity contribution in [3.05, 3.63) is 28.5 Å². The van der Waals surface area contributed by atoms with E-state index in [2.05, 4.69) is 14.9 Å². The normalized spacial score (nSPS) is 11.5. The van der Waals surface area contributed by atoms with Gasteiger partial charge in [0.25, 0.3) is 10.0 Å². The van der Waals surface area contributed by atoms with Crippen molar-refractivity contribution in [1.82, 2.24) is 10.2 Å². The lowest BCUT2D eigenvalue weighted by atomic mass is 10.2. The number of aryl methyl sites for hydroxylation is 2. The molecule has 0 aliphatic carbocycles. The van der Waals surface area contributed by atoms with Crippen molar-refractivity contribution >= 4 is 32.2 Å². The summed E-state index contributed by atoms with van der Waals surface area (Å²) in [5.74, 6) is -0.620. The summed E-state index contributed by atoms with van der Waals surface area (Å²) in [4.78, 5) is -0.114. The van der Waals surface area contributed by atoms with E-state index in [0.717, 1.165) is 17.4 Å². The third-order valence-corrected chi connectivity index (χ3v) is 4.52. The highest BCUT2D eigenvalue weighted by atomic mass is 32.2. The highest BCUT2D eigenvalue weighted by molar-refractivity contribution is 7.93. The number of nitrogens with two attached hydrogens (primary N) is 1. The first kappa shape index (κ1) is 13.7. The van der Waals surface area contributed by atoms with Crippen LogP contribution in [0.2, 0.25) is 0 Å². The van der Waals surface area contributed by atoms with Crippen LogP contribution in [0, 0.1) is 19.7 Å². The van der Waals surface area contributed by atoms with Crippen LogP contribution >= 0.6 is 11.3 Å². The van der Waals surface area contributed by atoms with Gasteiger partial charge in [-0.2, -0.15) is 0 Å². The van der Waals surface area contributed by atoms with E-state index in [1.54, 1.807) is 6.92 Å². The SMILES string of the molecule is Cc1nnc(NS(=O)(=O)c2cc(C)c(F)c(N)c2)s1. The van der Waals surface area contributed by atoms with Crippen LogP contribution in [-0.2, 0) is 10.0 Å². The maximum absolute atomic E-state index is 13.4. The lowest BCUT2D eigenvalue weighted by Crippen LogP contribution is -2.14. The third-order valence-electron chi connectivity index (χ3n) is 2.31. The minimum atomic E-state index is -3.85. The Balaban J connectivity index is 2.40. The van der Waals surface area contributed by atoms with Gasteiger partial charge in [0.2, 0.25) is 5.13 Å². The van der Waals surface area contributed by atoms with Crippen LogP contribution in [0.1, 0.15) is 10.6 Å². The molecule has 0 saturated heterocycles. The highest BCUT2D eigenvalue weighted by Gasteiger charge is 2.19. The third kappa shape index (κ3) is 2.82. The maximum Gasteiger partial charge on any atom is 0.263 e. The molecule has 0 atom stereocenters. The van der Waals surface area contributed by atoms with Gasteiger partial charge in [-0.3, -0.25) is 4.72 Å². The monoisotopic (exact) mass is 302 g/mol. The molecule has 0 aliphatic rings. The number of hydrogen-bond acceptors (Lipinski definition) is 6. The van der Waals surface area contributed by atoms with Crippen LogP contribution in [0.15, 0.2) is 17.0 Å². The predicted molar refractivity (Wildman–Crippen MR) is 71.0 cm³/mol. The molecule has 0 bridgehead atoms. The average Bonchev–Trinajstić information content (AvgIpc) is 2.70. The quantitative estimate of drug-likeness (QED) is 0.841. The van der Waals surface area contributed by atoms with Crippen LogP contribution in [0.25, 0.3) is 0 Å². The first-order valence-electron chi connectivity index (χ1n) is 5.18. The van der Waals surface area contributed by atoms with Gasteiger partial charge in [-0.1, -0.05) is 11.3 Å². The Morgan fingerprint density at radius 2 is 2.00 bits per heavy atom. The molecule has 0 spiro atoms. The summed E-state index contributed by atoms with van der Waals surface area (Å²) in [5, 5.41) is 8.15. The Morgan fingerprint density at radius 1 is 1.32 bits per heavy atom. The zero-order chi connectivity index (χ0) is 14.2. The summed E-state index contributed by atoms with van der Waals surface area (Å²) in [6, 6.07) is 2.28. The van der Waals surface area contributed by atoms with Crippen LogP contribution in [0.5, 0.6) is 0 Å². The maximum atomic E-state index is 13.4. The van der Waals surface area contributed by atoms with E-state index in [9.17, 15) is 12.8 Å². The summed E-state index contributed by atoms with van der Waals surface area (Å²) in [5.41, 5.74) is 5.37. The first-order valence-corrected chi connectivity index (χ1v) is 7.48. The number of halogens is 1. The van der Waals surface area contributed by atoms with Crippen molar-refractivity contribution in [2.45, 2.75) is 18.7 Å². The van der Waals surface area contributed by atoms with Gasteiger partial charge in [-0.05, 0) is 31.5 Å². The van der Waals surface area contributed by atoms with Crippen molar-refractivity contribution in [2.75, 3.05) is 10.5 Å². The van der Waals surface area contributed by atoms with E-state index in [4.69, 9.17) is 5.73 Å². The van der Waals surface area contributed by atoms with Gasteiger partial charge in [-0.25, -0.2) is 12.8 Å². The molecule has 0 aliphatic heterocycles.